The molecule has 0 saturated heterocycles. The maximum Gasteiger partial charge on any atom is 0.227 e. The molecule has 1 aliphatic rings. The van der Waals surface area contributed by atoms with Gasteiger partial charge in [-0.1, -0.05) is 31.2 Å². The summed E-state index contributed by atoms with van der Waals surface area (Å²) in [5.74, 6) is 0.778. The zero-order valence-corrected chi connectivity index (χ0v) is 14.7. The molecule has 0 saturated carbocycles. The number of ketones is 1. The molecule has 0 bridgehead atoms. The third kappa shape index (κ3) is 3.73. The van der Waals surface area contributed by atoms with Gasteiger partial charge in [-0.25, -0.2) is 0 Å². The van der Waals surface area contributed by atoms with E-state index >= 15 is 0 Å². The van der Waals surface area contributed by atoms with Crippen molar-refractivity contribution in [3.05, 3.63) is 59.2 Å². The van der Waals surface area contributed by atoms with Crippen molar-refractivity contribution in [1.82, 2.24) is 0 Å². The number of amides is 1. The number of aryl methyl sites for hydroxylation is 2. The van der Waals surface area contributed by atoms with E-state index in [0.29, 0.717) is 42.8 Å². The molecule has 4 nitrogen and oxygen atoms in total. The van der Waals surface area contributed by atoms with Gasteiger partial charge in [-0.3, -0.25) is 9.59 Å². The van der Waals surface area contributed by atoms with Crippen LogP contribution < -0.4 is 9.64 Å². The van der Waals surface area contributed by atoms with Crippen molar-refractivity contribution in [2.24, 2.45) is 0 Å². The number of rotatable bonds is 5. The summed E-state index contributed by atoms with van der Waals surface area (Å²) >= 11 is 0. The lowest BCUT2D eigenvalue weighted by Gasteiger charge is -2.29. The highest BCUT2D eigenvalue weighted by Gasteiger charge is 2.27. The Morgan fingerprint density at radius 2 is 1.84 bits per heavy atom. The Kier molecular flexibility index (Phi) is 5.17. The average Bonchev–Trinajstić information content (AvgIpc) is 2.66. The minimum atomic E-state index is 0.0431. The normalized spacial score (nSPS) is 13.5. The number of carbonyl (C=O) groups excluding carboxylic acids is 2. The predicted molar refractivity (Wildman–Crippen MR) is 98.4 cm³/mol. The molecule has 0 atom stereocenters. The van der Waals surface area contributed by atoms with Crippen LogP contribution >= 0.6 is 0 Å². The highest BCUT2D eigenvalue weighted by Crippen LogP contribution is 2.31. The molecule has 25 heavy (non-hydrogen) atoms. The molecule has 130 valence electrons. The predicted octanol–water partition coefficient (Wildman–Crippen LogP) is 3.81. The first kappa shape index (κ1) is 17.2. The monoisotopic (exact) mass is 337 g/mol. The van der Waals surface area contributed by atoms with Crippen molar-refractivity contribution in [2.75, 3.05) is 18.6 Å². The van der Waals surface area contributed by atoms with E-state index in [4.69, 9.17) is 4.74 Å². The van der Waals surface area contributed by atoms with Gasteiger partial charge < -0.3 is 9.64 Å². The van der Waals surface area contributed by atoms with Crippen LogP contribution in [0.25, 0.3) is 0 Å². The van der Waals surface area contributed by atoms with Gasteiger partial charge in [0.1, 0.15) is 5.75 Å². The smallest absolute Gasteiger partial charge is 0.227 e. The van der Waals surface area contributed by atoms with Crippen LogP contribution in [0, 0.1) is 0 Å². The van der Waals surface area contributed by atoms with Crippen LogP contribution in [0.5, 0.6) is 5.75 Å². The first-order chi connectivity index (χ1) is 12.1. The van der Waals surface area contributed by atoms with Crippen LogP contribution in [-0.2, 0) is 17.6 Å². The third-order valence-electron chi connectivity index (χ3n) is 4.72. The number of hydrogen-bond donors (Lipinski definition) is 0. The van der Waals surface area contributed by atoms with E-state index in [-0.39, 0.29) is 11.7 Å². The van der Waals surface area contributed by atoms with Gasteiger partial charge in [-0.2, -0.15) is 0 Å². The zero-order chi connectivity index (χ0) is 17.8. The quantitative estimate of drug-likeness (QED) is 0.833. The highest BCUT2D eigenvalue weighted by atomic mass is 16.5. The van der Waals surface area contributed by atoms with Gasteiger partial charge in [0.25, 0.3) is 0 Å². The van der Waals surface area contributed by atoms with Crippen molar-refractivity contribution in [2.45, 2.75) is 32.6 Å². The fraction of sp³-hybridized carbons (Fsp3) is 0.333. The van der Waals surface area contributed by atoms with E-state index in [1.54, 1.807) is 30.2 Å². The Morgan fingerprint density at radius 1 is 1.12 bits per heavy atom. The minimum Gasteiger partial charge on any atom is -0.497 e. The SMILES string of the molecule is CCc1ccc(CCC(=O)N2CCC(=O)c3ccc(OC)cc32)cc1. The topological polar surface area (TPSA) is 46.6 Å². The van der Waals surface area contributed by atoms with E-state index in [1.807, 2.05) is 0 Å². The lowest BCUT2D eigenvalue weighted by atomic mass is 9.99. The molecule has 1 aliphatic heterocycles. The number of anilines is 1. The van der Waals surface area contributed by atoms with E-state index in [2.05, 4.69) is 31.2 Å². The molecule has 2 aromatic rings. The first-order valence-corrected chi connectivity index (χ1v) is 8.71. The standard InChI is InChI=1S/C21H23NO3/c1-3-15-4-6-16(7-5-15)8-11-21(24)22-13-12-20(23)18-10-9-17(25-2)14-19(18)22/h4-7,9-10,14H,3,8,11-13H2,1-2H3. The van der Waals surface area contributed by atoms with Crippen LogP contribution in [0.15, 0.2) is 42.5 Å². The number of benzene rings is 2. The molecule has 4 heteroatoms. The van der Waals surface area contributed by atoms with Gasteiger partial charge in [0.2, 0.25) is 5.91 Å². The van der Waals surface area contributed by atoms with Crippen molar-refractivity contribution in [3.8, 4) is 5.75 Å². The number of ether oxygens (including phenoxy) is 1. The Morgan fingerprint density at radius 3 is 2.52 bits per heavy atom. The third-order valence-corrected chi connectivity index (χ3v) is 4.72. The summed E-state index contributed by atoms with van der Waals surface area (Å²) in [6.07, 6.45) is 2.51. The van der Waals surface area contributed by atoms with Crippen molar-refractivity contribution >= 4 is 17.4 Å². The zero-order valence-electron chi connectivity index (χ0n) is 14.7. The van der Waals surface area contributed by atoms with Crippen molar-refractivity contribution in [1.29, 1.82) is 0 Å². The number of carbonyl (C=O) groups is 2. The molecular formula is C21H23NO3. The second-order valence-corrected chi connectivity index (χ2v) is 6.27. The Bertz CT molecular complexity index is 780. The molecule has 3 rings (SSSR count). The van der Waals surface area contributed by atoms with E-state index in [9.17, 15) is 9.59 Å². The van der Waals surface area contributed by atoms with Gasteiger partial charge in [-0.05, 0) is 36.1 Å². The Balaban J connectivity index is 1.74. The summed E-state index contributed by atoms with van der Waals surface area (Å²) in [7, 11) is 1.58. The van der Waals surface area contributed by atoms with Gasteiger partial charge in [-0.15, -0.1) is 0 Å². The number of hydrogen-bond acceptors (Lipinski definition) is 3. The summed E-state index contributed by atoms with van der Waals surface area (Å²) < 4.78 is 5.25. The summed E-state index contributed by atoms with van der Waals surface area (Å²) in [6.45, 7) is 2.56. The van der Waals surface area contributed by atoms with E-state index < -0.39 is 0 Å². The van der Waals surface area contributed by atoms with Crippen LogP contribution in [0.1, 0.15) is 41.3 Å². The average molecular weight is 337 g/mol. The molecule has 0 aliphatic carbocycles. The molecule has 1 amide bonds. The molecule has 0 fully saturated rings. The summed E-state index contributed by atoms with van der Waals surface area (Å²) in [6, 6.07) is 13.7. The number of fused-ring (bicyclic) bond motifs is 1. The van der Waals surface area contributed by atoms with Gasteiger partial charge in [0.15, 0.2) is 5.78 Å². The van der Waals surface area contributed by atoms with Crippen LogP contribution in [0.4, 0.5) is 5.69 Å². The fourth-order valence-electron chi connectivity index (χ4n) is 3.15. The maximum atomic E-state index is 12.7. The molecular weight excluding hydrogens is 314 g/mol. The lowest BCUT2D eigenvalue weighted by molar-refractivity contribution is -0.118. The summed E-state index contributed by atoms with van der Waals surface area (Å²) in [5.41, 5.74) is 3.73. The second-order valence-electron chi connectivity index (χ2n) is 6.27. The Labute approximate surface area is 148 Å². The van der Waals surface area contributed by atoms with Crippen LogP contribution in [-0.4, -0.2) is 25.3 Å². The minimum absolute atomic E-state index is 0.0431. The summed E-state index contributed by atoms with van der Waals surface area (Å²) in [5, 5.41) is 0. The molecule has 0 N–H and O–H groups in total. The largest absolute Gasteiger partial charge is 0.497 e. The summed E-state index contributed by atoms with van der Waals surface area (Å²) in [4.78, 5) is 26.6. The molecule has 0 spiro atoms. The van der Waals surface area contributed by atoms with Crippen LogP contribution in [0.2, 0.25) is 0 Å². The first-order valence-electron chi connectivity index (χ1n) is 8.71. The lowest BCUT2D eigenvalue weighted by Crippen LogP contribution is -2.37. The molecule has 0 radical (unpaired) electrons. The molecule has 0 unspecified atom stereocenters. The number of Topliss-reactive ketones (excluding diaryl/α,β-unsaturated/α-hetero) is 1. The number of nitrogens with zero attached hydrogens (tertiary/aromatic N) is 1. The van der Waals surface area contributed by atoms with Crippen molar-refractivity contribution < 1.29 is 14.3 Å². The van der Waals surface area contributed by atoms with E-state index in [0.717, 1.165) is 12.0 Å². The highest BCUT2D eigenvalue weighted by molar-refractivity contribution is 6.09. The van der Waals surface area contributed by atoms with Crippen molar-refractivity contribution in [3.63, 3.8) is 0 Å². The molecule has 2 aromatic carbocycles. The van der Waals surface area contributed by atoms with Crippen LogP contribution in [0.3, 0.4) is 0 Å². The van der Waals surface area contributed by atoms with Gasteiger partial charge >= 0.3 is 0 Å². The fourth-order valence-corrected chi connectivity index (χ4v) is 3.15. The second kappa shape index (κ2) is 7.51. The maximum absolute atomic E-state index is 12.7. The van der Waals surface area contributed by atoms with Gasteiger partial charge in [0.05, 0.1) is 12.8 Å². The Hall–Kier alpha value is -2.62. The number of methoxy groups -OCH3 is 1. The molecule has 0 aromatic heterocycles. The van der Waals surface area contributed by atoms with Gasteiger partial charge in [0, 0.05) is 31.0 Å². The van der Waals surface area contributed by atoms with E-state index in [1.165, 1.54) is 5.56 Å². The molecule has 1 heterocycles.